The maximum atomic E-state index is 10.8. The Morgan fingerprint density at radius 3 is 2.67 bits per heavy atom. The molecule has 0 amide bonds. The van der Waals surface area contributed by atoms with E-state index in [9.17, 15) is 15.3 Å². The molecule has 7 atom stereocenters. The zero-order valence-corrected chi connectivity index (χ0v) is 13.2. The molecular formula is C18H30O3. The summed E-state index contributed by atoms with van der Waals surface area (Å²) in [7, 11) is 0. The maximum Gasteiger partial charge on any atom is 0.0910 e. The first-order valence-electron chi connectivity index (χ1n) is 8.95. The van der Waals surface area contributed by atoms with Crippen molar-refractivity contribution in [1.82, 2.24) is 0 Å². The molecule has 0 aromatic carbocycles. The number of hydrogen-bond donors (Lipinski definition) is 3. The lowest BCUT2D eigenvalue weighted by Gasteiger charge is -2.61. The summed E-state index contributed by atoms with van der Waals surface area (Å²) >= 11 is 0. The molecule has 3 heteroatoms. The summed E-state index contributed by atoms with van der Waals surface area (Å²) < 4.78 is 0. The number of hydrogen-bond acceptors (Lipinski definition) is 3. The minimum atomic E-state index is -0.828. The highest BCUT2D eigenvalue weighted by Crippen LogP contribution is 2.70. The molecule has 3 nitrogen and oxygen atoms in total. The Balaban J connectivity index is 1.70. The van der Waals surface area contributed by atoms with E-state index >= 15 is 0 Å². The van der Waals surface area contributed by atoms with Gasteiger partial charge >= 0.3 is 0 Å². The molecule has 0 heterocycles. The lowest BCUT2D eigenvalue weighted by molar-refractivity contribution is -0.143. The summed E-state index contributed by atoms with van der Waals surface area (Å²) in [5.41, 5.74) is -0.338. The Hall–Kier alpha value is -0.120. The fourth-order valence-electron chi connectivity index (χ4n) is 7.31. The predicted molar refractivity (Wildman–Crippen MR) is 80.6 cm³/mol. The van der Waals surface area contributed by atoms with Crippen LogP contribution in [-0.2, 0) is 0 Å². The van der Waals surface area contributed by atoms with Crippen molar-refractivity contribution >= 4 is 0 Å². The van der Waals surface area contributed by atoms with Crippen molar-refractivity contribution in [2.75, 3.05) is 6.61 Å². The van der Waals surface area contributed by atoms with Gasteiger partial charge in [-0.2, -0.15) is 0 Å². The van der Waals surface area contributed by atoms with Gasteiger partial charge in [0.05, 0.1) is 18.3 Å². The summed E-state index contributed by atoms with van der Waals surface area (Å²) in [6.07, 6.45) is 9.65. The predicted octanol–water partition coefficient (Wildman–Crippen LogP) is 2.48. The highest BCUT2D eigenvalue weighted by atomic mass is 16.3. The molecule has 0 aromatic rings. The van der Waals surface area contributed by atoms with Gasteiger partial charge in [-0.15, -0.1) is 0 Å². The van der Waals surface area contributed by atoms with Crippen LogP contribution in [0.4, 0.5) is 0 Å². The van der Waals surface area contributed by atoms with E-state index in [1.165, 1.54) is 12.8 Å². The van der Waals surface area contributed by atoms with Crippen LogP contribution in [0.5, 0.6) is 0 Å². The second-order valence-corrected chi connectivity index (χ2v) is 8.94. The maximum absolute atomic E-state index is 10.8. The Kier molecular flexibility index (Phi) is 3.07. The zero-order valence-electron chi connectivity index (χ0n) is 13.2. The van der Waals surface area contributed by atoms with E-state index in [0.29, 0.717) is 17.8 Å². The van der Waals surface area contributed by atoms with Crippen LogP contribution in [0, 0.1) is 28.6 Å². The second-order valence-electron chi connectivity index (χ2n) is 8.94. The number of aliphatic hydroxyl groups is 3. The van der Waals surface area contributed by atoms with Crippen molar-refractivity contribution in [2.24, 2.45) is 28.6 Å². The van der Waals surface area contributed by atoms with Crippen LogP contribution in [0.3, 0.4) is 0 Å². The highest BCUT2D eigenvalue weighted by molar-refractivity contribution is 5.15. The molecule has 2 bridgehead atoms. The van der Waals surface area contributed by atoms with E-state index in [1.807, 2.05) is 0 Å². The normalized spacial score (nSPS) is 59.4. The van der Waals surface area contributed by atoms with Crippen LogP contribution in [-0.4, -0.2) is 33.6 Å². The summed E-state index contributed by atoms with van der Waals surface area (Å²) in [5.74, 6) is 1.39. The quantitative estimate of drug-likeness (QED) is 0.696. The van der Waals surface area contributed by atoms with Gasteiger partial charge in [0.25, 0.3) is 0 Å². The van der Waals surface area contributed by atoms with Gasteiger partial charge in [-0.3, -0.25) is 0 Å². The zero-order chi connectivity index (χ0) is 14.9. The van der Waals surface area contributed by atoms with Gasteiger partial charge in [-0.05, 0) is 80.0 Å². The second kappa shape index (κ2) is 4.46. The Labute approximate surface area is 127 Å². The van der Waals surface area contributed by atoms with Crippen LogP contribution < -0.4 is 0 Å². The number of aliphatic hydroxyl groups excluding tert-OH is 2. The van der Waals surface area contributed by atoms with E-state index in [2.05, 4.69) is 6.92 Å². The van der Waals surface area contributed by atoms with E-state index in [4.69, 9.17) is 0 Å². The van der Waals surface area contributed by atoms with Gasteiger partial charge < -0.3 is 15.3 Å². The molecule has 4 saturated carbocycles. The monoisotopic (exact) mass is 294 g/mol. The lowest BCUT2D eigenvalue weighted by Crippen LogP contribution is -2.55. The molecule has 0 aromatic heterocycles. The number of rotatable bonds is 1. The summed E-state index contributed by atoms with van der Waals surface area (Å²) in [6, 6.07) is 0. The summed E-state index contributed by atoms with van der Waals surface area (Å²) in [5, 5.41) is 31.0. The number of fused-ring (bicyclic) bond motifs is 3. The standard InChI is InChI=1S/C18H30O3/c1-16-7-2-3-14(20)13(16)6-8-17-9-12(4-5-15(16)17)18(21,10-17)11-19/h12-15,19-21H,2-11H2,1H3. The lowest BCUT2D eigenvalue weighted by atomic mass is 9.44. The molecular weight excluding hydrogens is 264 g/mol. The van der Waals surface area contributed by atoms with Crippen LogP contribution in [0.2, 0.25) is 0 Å². The van der Waals surface area contributed by atoms with Crippen LogP contribution in [0.1, 0.15) is 64.7 Å². The topological polar surface area (TPSA) is 60.7 Å². The molecule has 1 spiro atoms. The first-order chi connectivity index (χ1) is 9.94. The largest absolute Gasteiger partial charge is 0.393 e. The van der Waals surface area contributed by atoms with Gasteiger partial charge in [0.1, 0.15) is 0 Å². The van der Waals surface area contributed by atoms with Crippen LogP contribution in [0.15, 0.2) is 0 Å². The first kappa shape index (κ1) is 14.5. The van der Waals surface area contributed by atoms with Crippen molar-refractivity contribution < 1.29 is 15.3 Å². The van der Waals surface area contributed by atoms with Gasteiger partial charge in [-0.1, -0.05) is 13.3 Å². The summed E-state index contributed by atoms with van der Waals surface area (Å²) in [4.78, 5) is 0. The Bertz CT molecular complexity index is 438. The third-order valence-electron chi connectivity index (χ3n) is 8.16. The molecule has 4 aliphatic rings. The molecule has 7 unspecified atom stereocenters. The van der Waals surface area contributed by atoms with E-state index in [0.717, 1.165) is 44.9 Å². The van der Waals surface area contributed by atoms with Crippen molar-refractivity contribution in [3.63, 3.8) is 0 Å². The van der Waals surface area contributed by atoms with Crippen molar-refractivity contribution in [2.45, 2.75) is 76.4 Å². The smallest absolute Gasteiger partial charge is 0.0910 e. The fourth-order valence-corrected chi connectivity index (χ4v) is 7.31. The van der Waals surface area contributed by atoms with Gasteiger partial charge in [-0.25, -0.2) is 0 Å². The molecule has 3 N–H and O–H groups in total. The molecule has 0 saturated heterocycles. The van der Waals surface area contributed by atoms with Crippen LogP contribution >= 0.6 is 0 Å². The van der Waals surface area contributed by atoms with Gasteiger partial charge in [0.15, 0.2) is 0 Å². The average molecular weight is 294 g/mol. The van der Waals surface area contributed by atoms with E-state index in [1.54, 1.807) is 0 Å². The molecule has 21 heavy (non-hydrogen) atoms. The van der Waals surface area contributed by atoms with Crippen molar-refractivity contribution in [3.8, 4) is 0 Å². The SMILES string of the molecule is CC12CCCC(O)C1CCC13CC(CCC12)C(O)(CO)C3. The van der Waals surface area contributed by atoms with Crippen molar-refractivity contribution in [1.29, 1.82) is 0 Å². The molecule has 4 fully saturated rings. The minimum absolute atomic E-state index is 0.0745. The first-order valence-corrected chi connectivity index (χ1v) is 8.95. The van der Waals surface area contributed by atoms with Crippen molar-refractivity contribution in [3.05, 3.63) is 0 Å². The van der Waals surface area contributed by atoms with Crippen LogP contribution in [0.25, 0.3) is 0 Å². The molecule has 0 aliphatic heterocycles. The van der Waals surface area contributed by atoms with Gasteiger partial charge in [0.2, 0.25) is 0 Å². The Morgan fingerprint density at radius 1 is 1.10 bits per heavy atom. The Morgan fingerprint density at radius 2 is 1.90 bits per heavy atom. The highest BCUT2D eigenvalue weighted by Gasteiger charge is 2.65. The molecule has 120 valence electrons. The fraction of sp³-hybridized carbons (Fsp3) is 1.00. The summed E-state index contributed by atoms with van der Waals surface area (Å²) in [6.45, 7) is 2.34. The van der Waals surface area contributed by atoms with Gasteiger partial charge in [0, 0.05) is 0 Å². The molecule has 4 aliphatic carbocycles. The third-order valence-corrected chi connectivity index (χ3v) is 8.16. The molecule has 0 radical (unpaired) electrons. The average Bonchev–Trinajstić information content (AvgIpc) is 2.66. The minimum Gasteiger partial charge on any atom is -0.393 e. The molecule has 4 rings (SSSR count). The third kappa shape index (κ3) is 1.77. The van der Waals surface area contributed by atoms with E-state index < -0.39 is 5.60 Å². The van der Waals surface area contributed by atoms with E-state index in [-0.39, 0.29) is 23.5 Å².